The van der Waals surface area contributed by atoms with Crippen LogP contribution in [-0.2, 0) is 4.79 Å². The van der Waals surface area contributed by atoms with Crippen LogP contribution < -0.4 is 15.8 Å². The van der Waals surface area contributed by atoms with Crippen LogP contribution in [0.15, 0.2) is 24.3 Å². The Labute approximate surface area is 117 Å². The average Bonchev–Trinajstić information content (AvgIpc) is 2.46. The molecule has 20 heavy (non-hydrogen) atoms. The number of hydrogen-bond acceptors (Lipinski definition) is 5. The van der Waals surface area contributed by atoms with E-state index in [1.54, 1.807) is 18.2 Å². The minimum atomic E-state index is -0.597. The first-order valence-corrected chi connectivity index (χ1v) is 6.28. The number of phenolic OH excluding ortho intramolecular Hbond substituents is 1. The summed E-state index contributed by atoms with van der Waals surface area (Å²) >= 11 is 0. The van der Waals surface area contributed by atoms with Crippen molar-refractivity contribution in [2.75, 3.05) is 20.2 Å². The number of nitrogens with one attached hydrogen (secondary N) is 1. The summed E-state index contributed by atoms with van der Waals surface area (Å²) in [5.41, 5.74) is 5.99. The van der Waals surface area contributed by atoms with Crippen LogP contribution in [0.1, 0.15) is 12.0 Å². The van der Waals surface area contributed by atoms with Crippen molar-refractivity contribution >= 4 is 12.0 Å². The maximum absolute atomic E-state index is 11.5. The first kappa shape index (κ1) is 16.0. The first-order valence-electron chi connectivity index (χ1n) is 6.28. The SMILES string of the molecule is COc1cc(/C=C/C(=O)NCCC(O)CN)ccc1O. The summed E-state index contributed by atoms with van der Waals surface area (Å²) in [5.74, 6) is 0.129. The molecule has 1 rings (SSSR count). The van der Waals surface area contributed by atoms with Gasteiger partial charge in [0.1, 0.15) is 0 Å². The molecule has 0 saturated carbocycles. The highest BCUT2D eigenvalue weighted by Gasteiger charge is 2.03. The van der Waals surface area contributed by atoms with Gasteiger partial charge in [0.25, 0.3) is 0 Å². The lowest BCUT2D eigenvalue weighted by atomic mass is 10.2. The summed E-state index contributed by atoms with van der Waals surface area (Å²) in [5, 5.41) is 21.3. The van der Waals surface area contributed by atoms with E-state index in [0.717, 1.165) is 5.56 Å². The van der Waals surface area contributed by atoms with Crippen LogP contribution in [0.4, 0.5) is 0 Å². The molecule has 0 spiro atoms. The second kappa shape index (κ2) is 8.19. The van der Waals surface area contributed by atoms with Gasteiger partial charge in [-0.2, -0.15) is 0 Å². The minimum Gasteiger partial charge on any atom is -0.504 e. The highest BCUT2D eigenvalue weighted by atomic mass is 16.5. The molecule has 1 amide bonds. The van der Waals surface area contributed by atoms with Gasteiger partial charge in [0.2, 0.25) is 5.91 Å². The van der Waals surface area contributed by atoms with Gasteiger partial charge in [-0.15, -0.1) is 0 Å². The zero-order chi connectivity index (χ0) is 15.0. The van der Waals surface area contributed by atoms with Crippen molar-refractivity contribution in [3.05, 3.63) is 29.8 Å². The van der Waals surface area contributed by atoms with Crippen molar-refractivity contribution in [3.8, 4) is 11.5 Å². The fraction of sp³-hybridized carbons (Fsp3) is 0.357. The van der Waals surface area contributed by atoms with Crippen LogP contribution in [-0.4, -0.2) is 42.4 Å². The number of nitrogens with two attached hydrogens (primary N) is 1. The molecule has 110 valence electrons. The van der Waals surface area contributed by atoms with Gasteiger partial charge in [0.05, 0.1) is 13.2 Å². The standard InChI is InChI=1S/C14H20N2O4/c1-20-13-8-10(2-4-12(13)18)3-5-14(19)16-7-6-11(17)9-15/h2-5,8,11,17-18H,6-7,9,15H2,1H3,(H,16,19)/b5-3+. The summed E-state index contributed by atoms with van der Waals surface area (Å²) in [6.45, 7) is 0.541. The Morgan fingerprint density at radius 2 is 2.30 bits per heavy atom. The van der Waals surface area contributed by atoms with E-state index < -0.39 is 6.10 Å². The Morgan fingerprint density at radius 1 is 1.55 bits per heavy atom. The topological polar surface area (TPSA) is 105 Å². The normalized spacial score (nSPS) is 12.3. The van der Waals surface area contributed by atoms with Crippen molar-refractivity contribution in [2.45, 2.75) is 12.5 Å². The third-order valence-electron chi connectivity index (χ3n) is 2.68. The van der Waals surface area contributed by atoms with E-state index in [1.165, 1.54) is 19.3 Å². The van der Waals surface area contributed by atoms with E-state index in [-0.39, 0.29) is 18.2 Å². The molecule has 5 N–H and O–H groups in total. The highest BCUT2D eigenvalue weighted by molar-refractivity contribution is 5.91. The third kappa shape index (κ3) is 5.29. The van der Waals surface area contributed by atoms with Gasteiger partial charge in [-0.05, 0) is 30.2 Å². The monoisotopic (exact) mass is 280 g/mol. The number of aliphatic hydroxyl groups excluding tert-OH is 1. The van der Waals surface area contributed by atoms with Gasteiger partial charge in [-0.1, -0.05) is 6.07 Å². The molecule has 0 bridgehead atoms. The lowest BCUT2D eigenvalue weighted by molar-refractivity contribution is -0.116. The fourth-order valence-corrected chi connectivity index (χ4v) is 1.51. The number of methoxy groups -OCH3 is 1. The van der Waals surface area contributed by atoms with Crippen LogP contribution in [0, 0.1) is 0 Å². The van der Waals surface area contributed by atoms with Gasteiger partial charge in [-0.3, -0.25) is 4.79 Å². The summed E-state index contributed by atoms with van der Waals surface area (Å²) in [6.07, 6.45) is 2.81. The molecule has 0 aliphatic heterocycles. The molecule has 6 nitrogen and oxygen atoms in total. The number of amides is 1. The third-order valence-corrected chi connectivity index (χ3v) is 2.68. The Hall–Kier alpha value is -2.05. The summed E-state index contributed by atoms with van der Waals surface area (Å²) in [6, 6.07) is 4.78. The number of carbonyl (C=O) groups is 1. The molecule has 6 heteroatoms. The summed E-state index contributed by atoms with van der Waals surface area (Å²) in [4.78, 5) is 11.5. The molecule has 0 aliphatic carbocycles. The molecule has 0 radical (unpaired) electrons. The van der Waals surface area contributed by atoms with Gasteiger partial charge >= 0.3 is 0 Å². The average molecular weight is 280 g/mol. The molecular weight excluding hydrogens is 260 g/mol. The van der Waals surface area contributed by atoms with E-state index in [2.05, 4.69) is 5.32 Å². The molecule has 1 atom stereocenters. The summed E-state index contributed by atoms with van der Waals surface area (Å²) in [7, 11) is 1.46. The fourth-order valence-electron chi connectivity index (χ4n) is 1.51. The van der Waals surface area contributed by atoms with Crippen molar-refractivity contribution in [1.82, 2.24) is 5.32 Å². The van der Waals surface area contributed by atoms with Gasteiger partial charge < -0.3 is 26.0 Å². The van der Waals surface area contributed by atoms with Crippen molar-refractivity contribution in [1.29, 1.82) is 0 Å². The summed E-state index contributed by atoms with van der Waals surface area (Å²) < 4.78 is 4.97. The van der Waals surface area contributed by atoms with E-state index in [4.69, 9.17) is 10.5 Å². The second-order valence-electron chi connectivity index (χ2n) is 4.23. The van der Waals surface area contributed by atoms with Crippen LogP contribution in [0.3, 0.4) is 0 Å². The lowest BCUT2D eigenvalue weighted by Gasteiger charge is -2.07. The number of hydrogen-bond donors (Lipinski definition) is 4. The zero-order valence-corrected chi connectivity index (χ0v) is 11.4. The Kier molecular flexibility index (Phi) is 6.55. The Morgan fingerprint density at radius 3 is 2.95 bits per heavy atom. The number of benzene rings is 1. The van der Waals surface area contributed by atoms with Gasteiger partial charge in [-0.25, -0.2) is 0 Å². The Bertz CT molecular complexity index is 474. The van der Waals surface area contributed by atoms with Crippen LogP contribution in [0.2, 0.25) is 0 Å². The maximum atomic E-state index is 11.5. The molecular formula is C14H20N2O4. The molecule has 1 aromatic rings. The molecule has 0 fully saturated rings. The van der Waals surface area contributed by atoms with E-state index in [1.807, 2.05) is 0 Å². The minimum absolute atomic E-state index is 0.0462. The predicted octanol–water partition coefficient (Wildman–Crippen LogP) is 0.240. The van der Waals surface area contributed by atoms with E-state index in [9.17, 15) is 15.0 Å². The second-order valence-corrected chi connectivity index (χ2v) is 4.23. The number of ether oxygens (including phenoxy) is 1. The van der Waals surface area contributed by atoms with Gasteiger partial charge in [0.15, 0.2) is 11.5 Å². The molecule has 1 aromatic carbocycles. The van der Waals surface area contributed by atoms with Crippen LogP contribution in [0.25, 0.3) is 6.08 Å². The number of carbonyl (C=O) groups excluding carboxylic acids is 1. The van der Waals surface area contributed by atoms with E-state index in [0.29, 0.717) is 18.7 Å². The van der Waals surface area contributed by atoms with Crippen molar-refractivity contribution in [2.24, 2.45) is 5.73 Å². The van der Waals surface area contributed by atoms with Gasteiger partial charge in [0, 0.05) is 19.2 Å². The number of phenols is 1. The molecule has 0 heterocycles. The Balaban J connectivity index is 2.49. The molecule has 0 aromatic heterocycles. The largest absolute Gasteiger partial charge is 0.504 e. The maximum Gasteiger partial charge on any atom is 0.244 e. The quantitative estimate of drug-likeness (QED) is 0.536. The predicted molar refractivity (Wildman–Crippen MR) is 76.4 cm³/mol. The first-order chi connectivity index (χ1) is 9.56. The highest BCUT2D eigenvalue weighted by Crippen LogP contribution is 2.26. The van der Waals surface area contributed by atoms with Crippen LogP contribution in [0.5, 0.6) is 11.5 Å². The number of rotatable bonds is 7. The smallest absolute Gasteiger partial charge is 0.244 e. The van der Waals surface area contributed by atoms with E-state index >= 15 is 0 Å². The number of aromatic hydroxyl groups is 1. The number of aliphatic hydroxyl groups is 1. The zero-order valence-electron chi connectivity index (χ0n) is 11.4. The molecule has 0 saturated heterocycles. The van der Waals surface area contributed by atoms with Crippen molar-refractivity contribution in [3.63, 3.8) is 0 Å². The van der Waals surface area contributed by atoms with Crippen LogP contribution >= 0.6 is 0 Å². The molecule has 1 unspecified atom stereocenters. The lowest BCUT2D eigenvalue weighted by Crippen LogP contribution is -2.28. The van der Waals surface area contributed by atoms with Crippen molar-refractivity contribution < 1.29 is 19.7 Å². The molecule has 0 aliphatic rings.